The lowest BCUT2D eigenvalue weighted by molar-refractivity contribution is -0.0152. The van der Waals surface area contributed by atoms with Crippen molar-refractivity contribution in [3.05, 3.63) is 89.7 Å². The third-order valence-electron chi connectivity index (χ3n) is 5.77. The molecular weight excluding hydrogens is 334 g/mol. The number of aliphatic hydroxyl groups is 1. The van der Waals surface area contributed by atoms with E-state index in [9.17, 15) is 5.11 Å². The van der Waals surface area contributed by atoms with E-state index in [2.05, 4.69) is 40.5 Å². The second-order valence-corrected chi connectivity index (χ2v) is 7.57. The maximum absolute atomic E-state index is 11.9. The van der Waals surface area contributed by atoms with E-state index in [1.54, 1.807) is 0 Å². The predicted octanol–water partition coefficient (Wildman–Crippen LogP) is 3.57. The molecular formula is C23H27N3O. The SMILES string of the molecule is Cn1cc(CN2CCC(C(O)(c3ccccc3)c3ccccc3)CC2)cn1. The van der Waals surface area contributed by atoms with Crippen LogP contribution in [-0.2, 0) is 19.2 Å². The lowest BCUT2D eigenvalue weighted by Gasteiger charge is -2.42. The maximum Gasteiger partial charge on any atom is 0.117 e. The maximum atomic E-state index is 11.9. The molecule has 27 heavy (non-hydrogen) atoms. The second kappa shape index (κ2) is 7.67. The summed E-state index contributed by atoms with van der Waals surface area (Å²) in [5.41, 5.74) is 2.28. The fourth-order valence-electron chi connectivity index (χ4n) is 4.34. The van der Waals surface area contributed by atoms with Crippen LogP contribution in [0.3, 0.4) is 0 Å². The average Bonchev–Trinajstić information content (AvgIpc) is 3.14. The summed E-state index contributed by atoms with van der Waals surface area (Å²) in [6.45, 7) is 2.90. The zero-order chi connectivity index (χ0) is 18.7. The highest BCUT2D eigenvalue weighted by Crippen LogP contribution is 2.41. The largest absolute Gasteiger partial charge is 0.380 e. The fourth-order valence-corrected chi connectivity index (χ4v) is 4.34. The molecule has 1 aromatic heterocycles. The van der Waals surface area contributed by atoms with Crippen LogP contribution in [0.5, 0.6) is 0 Å². The van der Waals surface area contributed by atoms with Gasteiger partial charge in [-0.15, -0.1) is 0 Å². The quantitative estimate of drug-likeness (QED) is 0.755. The van der Waals surface area contributed by atoms with Gasteiger partial charge in [0.05, 0.1) is 6.20 Å². The minimum Gasteiger partial charge on any atom is -0.380 e. The molecule has 1 aliphatic rings. The van der Waals surface area contributed by atoms with Crippen molar-refractivity contribution in [1.82, 2.24) is 14.7 Å². The summed E-state index contributed by atoms with van der Waals surface area (Å²) in [5, 5.41) is 16.2. The molecule has 2 heterocycles. The number of aromatic nitrogens is 2. The van der Waals surface area contributed by atoms with E-state index in [0.717, 1.165) is 43.6 Å². The van der Waals surface area contributed by atoms with Gasteiger partial charge in [0.2, 0.25) is 0 Å². The number of piperidine rings is 1. The first-order valence-electron chi connectivity index (χ1n) is 9.69. The standard InChI is InChI=1S/C23H27N3O/c1-25-17-19(16-24-25)18-26-14-12-22(13-15-26)23(27,20-8-4-2-5-9-20)21-10-6-3-7-11-21/h2-11,16-17,22,27H,12-15,18H2,1H3. The molecule has 0 aliphatic carbocycles. The zero-order valence-electron chi connectivity index (χ0n) is 15.8. The van der Waals surface area contributed by atoms with Gasteiger partial charge < -0.3 is 5.11 Å². The van der Waals surface area contributed by atoms with E-state index in [-0.39, 0.29) is 5.92 Å². The summed E-state index contributed by atoms with van der Waals surface area (Å²) in [7, 11) is 1.95. The highest BCUT2D eigenvalue weighted by atomic mass is 16.3. The number of likely N-dealkylation sites (tertiary alicyclic amines) is 1. The van der Waals surface area contributed by atoms with Gasteiger partial charge in [-0.2, -0.15) is 5.10 Å². The molecule has 0 radical (unpaired) electrons. The highest BCUT2D eigenvalue weighted by Gasteiger charge is 2.41. The van der Waals surface area contributed by atoms with Crippen LogP contribution in [0.25, 0.3) is 0 Å². The molecule has 1 saturated heterocycles. The van der Waals surface area contributed by atoms with E-state index in [1.807, 2.05) is 54.3 Å². The van der Waals surface area contributed by atoms with Crippen LogP contribution in [0.15, 0.2) is 73.1 Å². The first-order valence-corrected chi connectivity index (χ1v) is 9.69. The summed E-state index contributed by atoms with van der Waals surface area (Å²) in [4.78, 5) is 2.46. The first-order chi connectivity index (χ1) is 13.2. The molecule has 0 bridgehead atoms. The van der Waals surface area contributed by atoms with Gasteiger partial charge in [0, 0.05) is 25.4 Å². The van der Waals surface area contributed by atoms with Gasteiger partial charge in [0.1, 0.15) is 5.60 Å². The summed E-state index contributed by atoms with van der Waals surface area (Å²) in [5.74, 6) is 0.201. The minimum absolute atomic E-state index is 0.201. The van der Waals surface area contributed by atoms with Crippen molar-refractivity contribution < 1.29 is 5.11 Å². The third kappa shape index (κ3) is 3.68. The van der Waals surface area contributed by atoms with Crippen LogP contribution in [0.4, 0.5) is 0 Å². The topological polar surface area (TPSA) is 41.3 Å². The molecule has 0 saturated carbocycles. The molecule has 4 rings (SSSR count). The lowest BCUT2D eigenvalue weighted by atomic mass is 9.72. The van der Waals surface area contributed by atoms with Gasteiger partial charge in [0.15, 0.2) is 0 Å². The summed E-state index contributed by atoms with van der Waals surface area (Å²) < 4.78 is 1.85. The molecule has 0 atom stereocenters. The minimum atomic E-state index is -0.942. The molecule has 3 aromatic rings. The average molecular weight is 361 g/mol. The van der Waals surface area contributed by atoms with Crippen molar-refractivity contribution in [2.24, 2.45) is 13.0 Å². The van der Waals surface area contributed by atoms with Crippen LogP contribution in [0, 0.1) is 5.92 Å². The third-order valence-corrected chi connectivity index (χ3v) is 5.77. The van der Waals surface area contributed by atoms with Crippen LogP contribution >= 0.6 is 0 Å². The van der Waals surface area contributed by atoms with Crippen LogP contribution in [0.1, 0.15) is 29.5 Å². The van der Waals surface area contributed by atoms with E-state index in [0.29, 0.717) is 0 Å². The van der Waals surface area contributed by atoms with Crippen molar-refractivity contribution in [2.45, 2.75) is 25.0 Å². The number of hydrogen-bond acceptors (Lipinski definition) is 3. The number of nitrogens with zero attached hydrogens (tertiary/aromatic N) is 3. The van der Waals surface area contributed by atoms with E-state index < -0.39 is 5.60 Å². The van der Waals surface area contributed by atoms with E-state index in [1.165, 1.54) is 5.56 Å². The van der Waals surface area contributed by atoms with Crippen molar-refractivity contribution in [3.8, 4) is 0 Å². The highest BCUT2D eigenvalue weighted by molar-refractivity contribution is 5.37. The molecule has 2 aromatic carbocycles. The monoisotopic (exact) mass is 361 g/mol. The van der Waals surface area contributed by atoms with Gasteiger partial charge >= 0.3 is 0 Å². The number of hydrogen-bond donors (Lipinski definition) is 1. The Bertz CT molecular complexity index is 812. The number of aryl methyl sites for hydroxylation is 1. The molecule has 0 amide bonds. The van der Waals surface area contributed by atoms with Crippen molar-refractivity contribution in [2.75, 3.05) is 13.1 Å². The smallest absolute Gasteiger partial charge is 0.117 e. The van der Waals surface area contributed by atoms with E-state index in [4.69, 9.17) is 0 Å². The first kappa shape index (κ1) is 18.0. The van der Waals surface area contributed by atoms with Crippen molar-refractivity contribution >= 4 is 0 Å². The molecule has 4 nitrogen and oxygen atoms in total. The predicted molar refractivity (Wildman–Crippen MR) is 107 cm³/mol. The zero-order valence-corrected chi connectivity index (χ0v) is 15.8. The molecule has 1 N–H and O–H groups in total. The fraction of sp³-hybridized carbons (Fsp3) is 0.348. The van der Waals surface area contributed by atoms with Gasteiger partial charge in [0.25, 0.3) is 0 Å². The van der Waals surface area contributed by atoms with Crippen LogP contribution in [0.2, 0.25) is 0 Å². The molecule has 4 heteroatoms. The lowest BCUT2D eigenvalue weighted by Crippen LogP contribution is -2.44. The number of benzene rings is 2. The Labute approximate surface area is 161 Å². The number of rotatable bonds is 5. The normalized spacial score (nSPS) is 16.5. The molecule has 0 unspecified atom stereocenters. The Hall–Kier alpha value is -2.43. The molecule has 1 fully saturated rings. The van der Waals surface area contributed by atoms with Gasteiger partial charge in [-0.3, -0.25) is 9.58 Å². The van der Waals surface area contributed by atoms with Crippen molar-refractivity contribution in [1.29, 1.82) is 0 Å². The second-order valence-electron chi connectivity index (χ2n) is 7.57. The molecule has 1 aliphatic heterocycles. The summed E-state index contributed by atoms with van der Waals surface area (Å²) in [6.07, 6.45) is 5.97. The summed E-state index contributed by atoms with van der Waals surface area (Å²) >= 11 is 0. The Kier molecular flexibility index (Phi) is 5.10. The Morgan fingerprint density at radius 2 is 1.52 bits per heavy atom. The molecule has 140 valence electrons. The Morgan fingerprint density at radius 1 is 0.963 bits per heavy atom. The summed E-state index contributed by atoms with van der Waals surface area (Å²) in [6, 6.07) is 20.3. The van der Waals surface area contributed by atoms with Crippen LogP contribution in [-0.4, -0.2) is 32.9 Å². The van der Waals surface area contributed by atoms with Gasteiger partial charge in [-0.25, -0.2) is 0 Å². The molecule has 0 spiro atoms. The van der Waals surface area contributed by atoms with Crippen molar-refractivity contribution in [3.63, 3.8) is 0 Å². The Balaban J connectivity index is 1.54. The van der Waals surface area contributed by atoms with Gasteiger partial charge in [-0.05, 0) is 43.0 Å². The van der Waals surface area contributed by atoms with E-state index >= 15 is 0 Å². The van der Waals surface area contributed by atoms with Gasteiger partial charge in [-0.1, -0.05) is 60.7 Å². The Morgan fingerprint density at radius 3 is 2.00 bits per heavy atom. The van der Waals surface area contributed by atoms with Crippen LogP contribution < -0.4 is 0 Å².